The van der Waals surface area contributed by atoms with Crippen molar-refractivity contribution in [2.75, 3.05) is 13.1 Å². The number of carbonyl (C=O) groups is 1. The number of rotatable bonds is 2. The Hall–Kier alpha value is -1.62. The van der Waals surface area contributed by atoms with Gasteiger partial charge in [0.05, 0.1) is 12.2 Å². The molecule has 2 amide bonds. The van der Waals surface area contributed by atoms with Crippen molar-refractivity contribution in [3.63, 3.8) is 0 Å². The molecule has 0 aliphatic carbocycles. The molecule has 1 aliphatic rings. The molecule has 5 heteroatoms. The Labute approximate surface area is 112 Å². The van der Waals surface area contributed by atoms with Crippen LogP contribution in [0.1, 0.15) is 19.4 Å². The highest BCUT2D eigenvalue weighted by molar-refractivity contribution is 5.74. The molecule has 0 bridgehead atoms. The lowest BCUT2D eigenvalue weighted by molar-refractivity contribution is -0.0545. The van der Waals surface area contributed by atoms with Gasteiger partial charge in [-0.25, -0.2) is 9.18 Å². The Balaban J connectivity index is 1.89. The Kier molecular flexibility index (Phi) is 4.37. The fourth-order valence-electron chi connectivity index (χ4n) is 2.27. The Morgan fingerprint density at radius 2 is 2.00 bits per heavy atom. The number of halogens is 1. The fourth-order valence-corrected chi connectivity index (χ4v) is 2.27. The van der Waals surface area contributed by atoms with E-state index in [4.69, 9.17) is 4.74 Å². The average molecular weight is 266 g/mol. The summed E-state index contributed by atoms with van der Waals surface area (Å²) in [6.45, 7) is 5.20. The van der Waals surface area contributed by atoms with Gasteiger partial charge in [0.1, 0.15) is 5.82 Å². The van der Waals surface area contributed by atoms with Crippen molar-refractivity contribution in [2.45, 2.75) is 32.6 Å². The number of benzene rings is 1. The van der Waals surface area contributed by atoms with Crippen LogP contribution in [-0.2, 0) is 11.3 Å². The predicted molar refractivity (Wildman–Crippen MR) is 70.2 cm³/mol. The first-order chi connectivity index (χ1) is 9.06. The molecule has 2 rings (SSSR count). The number of nitrogens with one attached hydrogen (secondary N) is 1. The molecule has 1 fully saturated rings. The first-order valence-electron chi connectivity index (χ1n) is 6.48. The maximum atomic E-state index is 13.4. The van der Waals surface area contributed by atoms with Gasteiger partial charge in [0.25, 0.3) is 0 Å². The maximum Gasteiger partial charge on any atom is 0.317 e. The summed E-state index contributed by atoms with van der Waals surface area (Å²) in [7, 11) is 0. The topological polar surface area (TPSA) is 41.6 Å². The quantitative estimate of drug-likeness (QED) is 0.891. The summed E-state index contributed by atoms with van der Waals surface area (Å²) in [6, 6.07) is 6.26. The first-order valence-corrected chi connectivity index (χ1v) is 6.48. The first kappa shape index (κ1) is 13.8. The molecule has 0 saturated carbocycles. The molecule has 1 aliphatic heterocycles. The Morgan fingerprint density at radius 1 is 1.37 bits per heavy atom. The van der Waals surface area contributed by atoms with E-state index in [1.165, 1.54) is 6.07 Å². The van der Waals surface area contributed by atoms with Crippen LogP contribution >= 0.6 is 0 Å². The summed E-state index contributed by atoms with van der Waals surface area (Å²) in [5.74, 6) is -0.300. The smallest absolute Gasteiger partial charge is 0.317 e. The van der Waals surface area contributed by atoms with Gasteiger partial charge in [-0.2, -0.15) is 0 Å². The van der Waals surface area contributed by atoms with Crippen LogP contribution < -0.4 is 5.32 Å². The Morgan fingerprint density at radius 3 is 2.63 bits per heavy atom. The number of urea groups is 1. The van der Waals surface area contributed by atoms with E-state index in [0.29, 0.717) is 18.7 Å². The number of ether oxygens (including phenoxy) is 1. The summed E-state index contributed by atoms with van der Waals surface area (Å²) < 4.78 is 19.0. The van der Waals surface area contributed by atoms with Crippen LogP contribution in [0.5, 0.6) is 0 Å². The molecule has 1 saturated heterocycles. The van der Waals surface area contributed by atoms with Crippen molar-refractivity contribution in [1.82, 2.24) is 10.2 Å². The van der Waals surface area contributed by atoms with Gasteiger partial charge < -0.3 is 15.0 Å². The van der Waals surface area contributed by atoms with Crippen LogP contribution in [0.3, 0.4) is 0 Å². The van der Waals surface area contributed by atoms with E-state index in [1.807, 2.05) is 13.8 Å². The van der Waals surface area contributed by atoms with Crippen molar-refractivity contribution in [2.24, 2.45) is 0 Å². The van der Waals surface area contributed by atoms with Crippen LogP contribution in [0.25, 0.3) is 0 Å². The van der Waals surface area contributed by atoms with Gasteiger partial charge in [0.2, 0.25) is 0 Å². The average Bonchev–Trinajstić information content (AvgIpc) is 2.36. The minimum atomic E-state index is -0.300. The van der Waals surface area contributed by atoms with E-state index in [-0.39, 0.29) is 30.6 Å². The lowest BCUT2D eigenvalue weighted by Crippen LogP contribution is -2.51. The van der Waals surface area contributed by atoms with Crippen LogP contribution in [0.15, 0.2) is 24.3 Å². The molecule has 0 aromatic heterocycles. The monoisotopic (exact) mass is 266 g/mol. The third-order valence-electron chi connectivity index (χ3n) is 3.09. The second kappa shape index (κ2) is 6.02. The third-order valence-corrected chi connectivity index (χ3v) is 3.09. The number of hydrogen-bond donors (Lipinski definition) is 1. The molecule has 1 heterocycles. The molecular weight excluding hydrogens is 247 g/mol. The van der Waals surface area contributed by atoms with Crippen molar-refractivity contribution >= 4 is 6.03 Å². The number of morpholine rings is 1. The normalized spacial score (nSPS) is 23.2. The van der Waals surface area contributed by atoms with Crippen LogP contribution in [0.4, 0.5) is 9.18 Å². The molecule has 1 N–H and O–H groups in total. The summed E-state index contributed by atoms with van der Waals surface area (Å²) in [5.41, 5.74) is 0.491. The van der Waals surface area contributed by atoms with Crippen LogP contribution in [0, 0.1) is 5.82 Å². The summed E-state index contributed by atoms with van der Waals surface area (Å²) in [5, 5.41) is 2.74. The second-order valence-electron chi connectivity index (χ2n) is 4.91. The lowest BCUT2D eigenvalue weighted by Gasteiger charge is -2.35. The molecule has 19 heavy (non-hydrogen) atoms. The van der Waals surface area contributed by atoms with Crippen LogP contribution in [-0.4, -0.2) is 36.2 Å². The van der Waals surface area contributed by atoms with E-state index < -0.39 is 0 Å². The van der Waals surface area contributed by atoms with Crippen molar-refractivity contribution in [3.8, 4) is 0 Å². The highest BCUT2D eigenvalue weighted by atomic mass is 19.1. The van der Waals surface area contributed by atoms with Gasteiger partial charge in [0.15, 0.2) is 0 Å². The minimum absolute atomic E-state index is 0.0305. The highest BCUT2D eigenvalue weighted by Gasteiger charge is 2.25. The molecule has 1 aromatic carbocycles. The SMILES string of the molecule is CC1CN(C(=O)NCc2ccccc2F)CC(C)O1. The third kappa shape index (κ3) is 3.67. The summed E-state index contributed by atoms with van der Waals surface area (Å²) in [4.78, 5) is 13.7. The molecule has 0 spiro atoms. The summed E-state index contributed by atoms with van der Waals surface area (Å²) in [6.07, 6.45) is 0.0610. The van der Waals surface area contributed by atoms with Crippen molar-refractivity contribution < 1.29 is 13.9 Å². The molecule has 0 radical (unpaired) electrons. The zero-order valence-electron chi connectivity index (χ0n) is 11.2. The van der Waals surface area contributed by atoms with E-state index in [0.717, 1.165) is 0 Å². The van der Waals surface area contributed by atoms with E-state index >= 15 is 0 Å². The van der Waals surface area contributed by atoms with E-state index in [2.05, 4.69) is 5.32 Å². The molecule has 2 atom stereocenters. The lowest BCUT2D eigenvalue weighted by atomic mass is 10.2. The standard InChI is InChI=1S/C14H19FN2O2/c1-10-8-17(9-11(2)19-10)14(18)16-7-12-5-3-4-6-13(12)15/h3-6,10-11H,7-9H2,1-2H3,(H,16,18). The van der Waals surface area contributed by atoms with Gasteiger partial charge in [-0.15, -0.1) is 0 Å². The fraction of sp³-hybridized carbons (Fsp3) is 0.500. The zero-order valence-corrected chi connectivity index (χ0v) is 11.2. The van der Waals surface area contributed by atoms with Gasteiger partial charge in [-0.3, -0.25) is 0 Å². The molecular formula is C14H19FN2O2. The van der Waals surface area contributed by atoms with E-state index in [9.17, 15) is 9.18 Å². The Bertz CT molecular complexity index is 443. The van der Waals surface area contributed by atoms with E-state index in [1.54, 1.807) is 23.1 Å². The maximum absolute atomic E-state index is 13.4. The number of hydrogen-bond acceptors (Lipinski definition) is 2. The molecule has 104 valence electrons. The number of carbonyl (C=O) groups excluding carboxylic acids is 1. The minimum Gasteiger partial charge on any atom is -0.372 e. The summed E-state index contributed by atoms with van der Waals surface area (Å²) >= 11 is 0. The van der Waals surface area contributed by atoms with Crippen LogP contribution in [0.2, 0.25) is 0 Å². The van der Waals surface area contributed by atoms with Gasteiger partial charge in [-0.1, -0.05) is 18.2 Å². The van der Waals surface area contributed by atoms with Crippen molar-refractivity contribution in [3.05, 3.63) is 35.6 Å². The highest BCUT2D eigenvalue weighted by Crippen LogP contribution is 2.11. The van der Waals surface area contributed by atoms with Gasteiger partial charge in [-0.05, 0) is 19.9 Å². The number of nitrogens with zero attached hydrogens (tertiary/aromatic N) is 1. The molecule has 2 unspecified atom stereocenters. The van der Waals surface area contributed by atoms with Gasteiger partial charge >= 0.3 is 6.03 Å². The molecule has 4 nitrogen and oxygen atoms in total. The number of amides is 2. The molecule has 1 aromatic rings. The largest absolute Gasteiger partial charge is 0.372 e. The predicted octanol–water partition coefficient (Wildman–Crippen LogP) is 2.14. The van der Waals surface area contributed by atoms with Crippen molar-refractivity contribution in [1.29, 1.82) is 0 Å². The van der Waals surface area contributed by atoms with Gasteiger partial charge in [0, 0.05) is 25.2 Å². The zero-order chi connectivity index (χ0) is 13.8. The second-order valence-corrected chi connectivity index (χ2v) is 4.91.